The van der Waals surface area contributed by atoms with E-state index in [1.54, 1.807) is 11.3 Å². The first-order chi connectivity index (χ1) is 8.84. The number of nitrogens with one attached hydrogen (secondary N) is 2. The van der Waals surface area contributed by atoms with Crippen molar-refractivity contribution in [1.82, 2.24) is 10.3 Å². The first-order valence-corrected chi connectivity index (χ1v) is 6.59. The lowest BCUT2D eigenvalue weighted by molar-refractivity contribution is 0.0953. The minimum Gasteiger partial charge on any atom is -0.361 e. The molecule has 0 bridgehead atoms. The Morgan fingerprint density at radius 1 is 1.22 bits per heavy atom. The smallest absolute Gasteiger partial charge is 0.252 e. The van der Waals surface area contributed by atoms with E-state index in [1.165, 1.54) is 0 Å². The minimum absolute atomic E-state index is 0.0337. The zero-order valence-electron chi connectivity index (χ0n) is 9.64. The van der Waals surface area contributed by atoms with Gasteiger partial charge in [0.1, 0.15) is 0 Å². The molecule has 0 atom stereocenters. The molecule has 3 aromatic rings. The Bertz CT molecular complexity index is 670. The van der Waals surface area contributed by atoms with Crippen molar-refractivity contribution in [3.63, 3.8) is 0 Å². The summed E-state index contributed by atoms with van der Waals surface area (Å²) in [4.78, 5) is 16.4. The third kappa shape index (κ3) is 2.02. The standard InChI is InChI=1S/C14H12N2OS/c17-14(16-9-10-3-2-8-18-10)12-4-1-5-13-11(12)6-7-15-13/h1-8,15H,9H2,(H,16,17). The zero-order chi connectivity index (χ0) is 12.4. The van der Waals surface area contributed by atoms with E-state index in [2.05, 4.69) is 10.3 Å². The number of aromatic nitrogens is 1. The molecule has 0 radical (unpaired) electrons. The van der Waals surface area contributed by atoms with Crippen LogP contribution >= 0.6 is 11.3 Å². The maximum atomic E-state index is 12.1. The van der Waals surface area contributed by atoms with Crippen LogP contribution in [0.2, 0.25) is 0 Å². The Labute approximate surface area is 108 Å². The number of amides is 1. The third-order valence-electron chi connectivity index (χ3n) is 2.84. The van der Waals surface area contributed by atoms with Gasteiger partial charge in [-0.15, -0.1) is 11.3 Å². The monoisotopic (exact) mass is 256 g/mol. The molecule has 2 heterocycles. The molecule has 1 aromatic carbocycles. The molecule has 0 saturated heterocycles. The number of carbonyl (C=O) groups excluding carboxylic acids is 1. The summed E-state index contributed by atoms with van der Waals surface area (Å²) in [6.45, 7) is 0.581. The Kier molecular flexibility index (Phi) is 2.86. The van der Waals surface area contributed by atoms with E-state index in [0.717, 1.165) is 15.8 Å². The van der Waals surface area contributed by atoms with Crippen molar-refractivity contribution in [2.24, 2.45) is 0 Å². The topological polar surface area (TPSA) is 44.9 Å². The normalized spacial score (nSPS) is 10.7. The maximum absolute atomic E-state index is 12.1. The molecule has 2 aromatic heterocycles. The van der Waals surface area contributed by atoms with Gasteiger partial charge in [0.15, 0.2) is 0 Å². The van der Waals surface area contributed by atoms with E-state index >= 15 is 0 Å². The van der Waals surface area contributed by atoms with Crippen LogP contribution < -0.4 is 5.32 Å². The molecular weight excluding hydrogens is 244 g/mol. The van der Waals surface area contributed by atoms with Gasteiger partial charge in [-0.05, 0) is 29.6 Å². The molecule has 3 nitrogen and oxygen atoms in total. The summed E-state index contributed by atoms with van der Waals surface area (Å²) < 4.78 is 0. The molecule has 0 fully saturated rings. The van der Waals surface area contributed by atoms with Crippen LogP contribution in [0, 0.1) is 0 Å². The molecular formula is C14H12N2OS. The summed E-state index contributed by atoms with van der Waals surface area (Å²) in [5.74, 6) is -0.0337. The molecule has 18 heavy (non-hydrogen) atoms. The number of H-pyrrole nitrogens is 1. The van der Waals surface area contributed by atoms with Crippen LogP contribution in [-0.4, -0.2) is 10.9 Å². The van der Waals surface area contributed by atoms with Gasteiger partial charge in [0, 0.05) is 27.5 Å². The maximum Gasteiger partial charge on any atom is 0.252 e. The van der Waals surface area contributed by atoms with E-state index in [1.807, 2.05) is 48.0 Å². The molecule has 4 heteroatoms. The Morgan fingerprint density at radius 2 is 2.17 bits per heavy atom. The molecule has 2 N–H and O–H groups in total. The lowest BCUT2D eigenvalue weighted by Gasteiger charge is -2.05. The van der Waals surface area contributed by atoms with Crippen LogP contribution in [0.4, 0.5) is 0 Å². The van der Waals surface area contributed by atoms with Gasteiger partial charge in [-0.2, -0.15) is 0 Å². The van der Waals surface area contributed by atoms with Gasteiger partial charge in [-0.1, -0.05) is 12.1 Å². The van der Waals surface area contributed by atoms with Gasteiger partial charge < -0.3 is 10.3 Å². The lowest BCUT2D eigenvalue weighted by Crippen LogP contribution is -2.22. The molecule has 0 aliphatic heterocycles. The molecule has 90 valence electrons. The number of rotatable bonds is 3. The predicted octanol–water partition coefficient (Wildman–Crippen LogP) is 3.16. The van der Waals surface area contributed by atoms with E-state index in [4.69, 9.17) is 0 Å². The van der Waals surface area contributed by atoms with Crippen LogP contribution in [-0.2, 0) is 6.54 Å². The van der Waals surface area contributed by atoms with Crippen LogP contribution in [0.5, 0.6) is 0 Å². The van der Waals surface area contributed by atoms with Gasteiger partial charge >= 0.3 is 0 Å². The number of hydrogen-bond donors (Lipinski definition) is 2. The molecule has 0 aliphatic rings. The number of carbonyl (C=O) groups is 1. The van der Waals surface area contributed by atoms with Crippen LogP contribution in [0.3, 0.4) is 0 Å². The van der Waals surface area contributed by atoms with Gasteiger partial charge in [-0.25, -0.2) is 0 Å². The molecule has 1 amide bonds. The van der Waals surface area contributed by atoms with Crippen molar-refractivity contribution < 1.29 is 4.79 Å². The lowest BCUT2D eigenvalue weighted by atomic mass is 10.1. The van der Waals surface area contributed by atoms with E-state index in [9.17, 15) is 4.79 Å². The van der Waals surface area contributed by atoms with Gasteiger partial charge in [-0.3, -0.25) is 4.79 Å². The van der Waals surface area contributed by atoms with Crippen molar-refractivity contribution >= 4 is 28.1 Å². The molecule has 0 spiro atoms. The second-order valence-electron chi connectivity index (χ2n) is 4.01. The predicted molar refractivity (Wildman–Crippen MR) is 73.8 cm³/mol. The number of benzene rings is 1. The average Bonchev–Trinajstić information content (AvgIpc) is 3.05. The highest BCUT2D eigenvalue weighted by molar-refractivity contribution is 7.09. The highest BCUT2D eigenvalue weighted by atomic mass is 32.1. The van der Waals surface area contributed by atoms with Crippen molar-refractivity contribution in [1.29, 1.82) is 0 Å². The molecule has 0 unspecified atom stereocenters. The summed E-state index contributed by atoms with van der Waals surface area (Å²) >= 11 is 1.64. The number of fused-ring (bicyclic) bond motifs is 1. The third-order valence-corrected chi connectivity index (χ3v) is 3.72. The molecule has 3 rings (SSSR count). The van der Waals surface area contributed by atoms with Crippen molar-refractivity contribution in [2.45, 2.75) is 6.54 Å². The van der Waals surface area contributed by atoms with Gasteiger partial charge in [0.05, 0.1) is 6.54 Å². The van der Waals surface area contributed by atoms with Crippen LogP contribution in [0.25, 0.3) is 10.9 Å². The van der Waals surface area contributed by atoms with Gasteiger partial charge in [0.2, 0.25) is 0 Å². The summed E-state index contributed by atoms with van der Waals surface area (Å²) in [6.07, 6.45) is 1.85. The summed E-state index contributed by atoms with van der Waals surface area (Å²) in [5.41, 5.74) is 1.70. The first-order valence-electron chi connectivity index (χ1n) is 5.71. The quantitative estimate of drug-likeness (QED) is 0.743. The van der Waals surface area contributed by atoms with Crippen molar-refractivity contribution in [2.75, 3.05) is 0 Å². The minimum atomic E-state index is -0.0337. The van der Waals surface area contributed by atoms with E-state index in [-0.39, 0.29) is 5.91 Å². The highest BCUT2D eigenvalue weighted by Gasteiger charge is 2.09. The summed E-state index contributed by atoms with van der Waals surface area (Å²) in [7, 11) is 0. The second kappa shape index (κ2) is 4.66. The van der Waals surface area contributed by atoms with Crippen molar-refractivity contribution in [3.8, 4) is 0 Å². The Balaban J connectivity index is 1.81. The first kappa shape index (κ1) is 11.0. The number of thiophene rings is 1. The highest BCUT2D eigenvalue weighted by Crippen LogP contribution is 2.17. The van der Waals surface area contributed by atoms with E-state index in [0.29, 0.717) is 12.1 Å². The number of hydrogen-bond acceptors (Lipinski definition) is 2. The average molecular weight is 256 g/mol. The number of aromatic amines is 1. The van der Waals surface area contributed by atoms with Crippen LogP contribution in [0.1, 0.15) is 15.2 Å². The summed E-state index contributed by atoms with van der Waals surface area (Å²) in [6, 6.07) is 11.6. The fourth-order valence-corrected chi connectivity index (χ4v) is 2.60. The van der Waals surface area contributed by atoms with E-state index < -0.39 is 0 Å². The Hall–Kier alpha value is -2.07. The van der Waals surface area contributed by atoms with Crippen LogP contribution in [0.15, 0.2) is 48.0 Å². The molecule has 0 saturated carbocycles. The van der Waals surface area contributed by atoms with Gasteiger partial charge in [0.25, 0.3) is 5.91 Å². The second-order valence-corrected chi connectivity index (χ2v) is 5.04. The summed E-state index contributed by atoms with van der Waals surface area (Å²) in [5, 5.41) is 5.91. The van der Waals surface area contributed by atoms with Crippen molar-refractivity contribution in [3.05, 3.63) is 58.4 Å². The Morgan fingerprint density at radius 3 is 3.00 bits per heavy atom. The largest absolute Gasteiger partial charge is 0.361 e. The fourth-order valence-electron chi connectivity index (χ4n) is 1.96. The zero-order valence-corrected chi connectivity index (χ0v) is 10.5. The molecule has 0 aliphatic carbocycles. The fraction of sp³-hybridized carbons (Fsp3) is 0.0714. The SMILES string of the molecule is O=C(NCc1cccs1)c1cccc2[nH]ccc12.